The highest BCUT2D eigenvalue weighted by molar-refractivity contribution is 5.91. The molecule has 2 N–H and O–H groups in total. The molecule has 1 saturated heterocycles. The molecule has 8 nitrogen and oxygen atoms in total. The number of aromatic amines is 1. The zero-order valence-electron chi connectivity index (χ0n) is 14.4. The first-order chi connectivity index (χ1) is 12.1. The van der Waals surface area contributed by atoms with E-state index in [0.29, 0.717) is 18.8 Å². The van der Waals surface area contributed by atoms with Crippen molar-refractivity contribution in [2.75, 3.05) is 19.6 Å². The van der Waals surface area contributed by atoms with Crippen LogP contribution in [0, 0.1) is 6.92 Å². The Hall–Kier alpha value is -2.48. The van der Waals surface area contributed by atoms with Gasteiger partial charge in [-0.2, -0.15) is 5.10 Å². The summed E-state index contributed by atoms with van der Waals surface area (Å²) in [6, 6.07) is 3.56. The summed E-state index contributed by atoms with van der Waals surface area (Å²) in [5.74, 6) is -0.139. The van der Waals surface area contributed by atoms with E-state index in [1.165, 1.54) is 17.2 Å². The lowest BCUT2D eigenvalue weighted by Crippen LogP contribution is -2.48. The molecule has 1 atom stereocenters. The molecule has 8 heteroatoms. The molecule has 2 aromatic heterocycles. The molecule has 0 saturated carbocycles. The fourth-order valence-electron chi connectivity index (χ4n) is 3.21. The Labute approximate surface area is 146 Å². The molecule has 0 aromatic carbocycles. The van der Waals surface area contributed by atoms with Crippen LogP contribution in [0.15, 0.2) is 29.5 Å². The van der Waals surface area contributed by atoms with Crippen molar-refractivity contribution >= 4 is 5.91 Å². The highest BCUT2D eigenvalue weighted by atomic mass is 16.2. The van der Waals surface area contributed by atoms with Crippen LogP contribution in [0.1, 0.15) is 35.4 Å². The van der Waals surface area contributed by atoms with Crippen molar-refractivity contribution in [2.45, 2.75) is 38.8 Å². The van der Waals surface area contributed by atoms with Gasteiger partial charge in [-0.1, -0.05) is 6.42 Å². The number of carbonyl (C=O) groups excluding carboxylic acids is 1. The van der Waals surface area contributed by atoms with Gasteiger partial charge in [0.05, 0.1) is 24.8 Å². The summed E-state index contributed by atoms with van der Waals surface area (Å²) in [7, 11) is 0. The first-order valence-corrected chi connectivity index (χ1v) is 8.69. The van der Waals surface area contributed by atoms with Crippen LogP contribution in [0.2, 0.25) is 0 Å². The molecule has 1 aliphatic heterocycles. The number of likely N-dealkylation sites (tertiary alicyclic amines) is 1. The van der Waals surface area contributed by atoms with Crippen LogP contribution in [-0.4, -0.2) is 56.2 Å². The molecular formula is C17H24N6O2. The molecular weight excluding hydrogens is 320 g/mol. The largest absolute Gasteiger partial charge is 0.349 e. The summed E-state index contributed by atoms with van der Waals surface area (Å²) in [5, 5.41) is 7.25. The zero-order valence-corrected chi connectivity index (χ0v) is 14.4. The van der Waals surface area contributed by atoms with E-state index in [1.807, 2.05) is 6.92 Å². The highest BCUT2D eigenvalue weighted by Gasteiger charge is 2.23. The second-order valence-corrected chi connectivity index (χ2v) is 6.40. The van der Waals surface area contributed by atoms with Gasteiger partial charge in [0, 0.05) is 25.2 Å². The van der Waals surface area contributed by atoms with Gasteiger partial charge in [0.2, 0.25) is 0 Å². The maximum Gasteiger partial charge on any atom is 0.269 e. The van der Waals surface area contributed by atoms with Crippen molar-refractivity contribution in [2.24, 2.45) is 0 Å². The Bertz CT molecular complexity index is 755. The van der Waals surface area contributed by atoms with Crippen LogP contribution in [-0.2, 0) is 6.54 Å². The van der Waals surface area contributed by atoms with Gasteiger partial charge >= 0.3 is 0 Å². The summed E-state index contributed by atoms with van der Waals surface area (Å²) >= 11 is 0. The molecule has 0 aliphatic carbocycles. The van der Waals surface area contributed by atoms with Gasteiger partial charge in [-0.25, -0.2) is 9.67 Å². The first-order valence-electron chi connectivity index (χ1n) is 8.69. The van der Waals surface area contributed by atoms with Crippen molar-refractivity contribution in [1.29, 1.82) is 0 Å². The highest BCUT2D eigenvalue weighted by Crippen LogP contribution is 2.16. The summed E-state index contributed by atoms with van der Waals surface area (Å²) < 4.78 is 1.52. The third-order valence-electron chi connectivity index (χ3n) is 4.59. The number of carbonyl (C=O) groups is 1. The van der Waals surface area contributed by atoms with E-state index in [1.54, 1.807) is 12.1 Å². The van der Waals surface area contributed by atoms with Crippen LogP contribution < -0.4 is 10.9 Å². The number of aryl methyl sites for hydroxylation is 1. The van der Waals surface area contributed by atoms with Crippen molar-refractivity contribution in [3.63, 3.8) is 0 Å². The minimum absolute atomic E-state index is 0.0771. The van der Waals surface area contributed by atoms with Gasteiger partial charge in [0.1, 0.15) is 5.69 Å². The molecule has 1 amide bonds. The van der Waals surface area contributed by atoms with Crippen molar-refractivity contribution in [3.05, 3.63) is 46.4 Å². The van der Waals surface area contributed by atoms with Gasteiger partial charge in [-0.05, 0) is 32.4 Å². The number of aromatic nitrogens is 4. The summed E-state index contributed by atoms with van der Waals surface area (Å²) in [6.45, 7) is 4.76. The molecule has 1 aliphatic rings. The maximum atomic E-state index is 12.1. The van der Waals surface area contributed by atoms with Crippen LogP contribution in [0.25, 0.3) is 0 Å². The van der Waals surface area contributed by atoms with Crippen molar-refractivity contribution in [1.82, 2.24) is 30.0 Å². The van der Waals surface area contributed by atoms with E-state index >= 15 is 0 Å². The number of H-pyrrole nitrogens is 1. The number of nitrogens with zero attached hydrogens (tertiary/aromatic N) is 4. The quantitative estimate of drug-likeness (QED) is 0.798. The number of hydrogen-bond donors (Lipinski definition) is 2. The standard InChI is InChI=1S/C17H24N6O2/c1-13-5-6-16(24)23(21-13)9-8-22-7-3-2-4-14(22)10-19-17(25)15-11-18-12-20-15/h5-6,11-12,14H,2-4,7-10H2,1H3,(H,18,20)(H,19,25). The number of rotatable bonds is 6. The summed E-state index contributed by atoms with van der Waals surface area (Å²) in [4.78, 5) is 33.0. The monoisotopic (exact) mass is 344 g/mol. The minimum atomic E-state index is -0.139. The number of nitrogens with one attached hydrogen (secondary N) is 2. The smallest absolute Gasteiger partial charge is 0.269 e. The Morgan fingerprint density at radius 3 is 3.04 bits per heavy atom. The third kappa shape index (κ3) is 4.54. The lowest BCUT2D eigenvalue weighted by Gasteiger charge is -2.35. The number of imidazole rings is 1. The lowest BCUT2D eigenvalue weighted by atomic mass is 10.0. The lowest BCUT2D eigenvalue weighted by molar-refractivity contribution is 0.0905. The van der Waals surface area contributed by atoms with Crippen LogP contribution >= 0.6 is 0 Å². The molecule has 0 bridgehead atoms. The van der Waals surface area contributed by atoms with Crippen molar-refractivity contribution in [3.8, 4) is 0 Å². The molecule has 3 heterocycles. The topological polar surface area (TPSA) is 95.9 Å². The van der Waals surface area contributed by atoms with E-state index in [0.717, 1.165) is 38.0 Å². The first kappa shape index (κ1) is 17.3. The fraction of sp³-hybridized carbons (Fsp3) is 0.529. The van der Waals surface area contributed by atoms with Gasteiger partial charge in [0.25, 0.3) is 11.5 Å². The van der Waals surface area contributed by atoms with E-state index in [4.69, 9.17) is 0 Å². The predicted molar refractivity (Wildman–Crippen MR) is 93.4 cm³/mol. The van der Waals surface area contributed by atoms with Crippen LogP contribution in [0.4, 0.5) is 0 Å². The van der Waals surface area contributed by atoms with E-state index in [-0.39, 0.29) is 17.5 Å². The number of hydrogen-bond acceptors (Lipinski definition) is 5. The zero-order chi connectivity index (χ0) is 17.6. The van der Waals surface area contributed by atoms with E-state index < -0.39 is 0 Å². The average Bonchev–Trinajstić information content (AvgIpc) is 3.16. The molecule has 2 aromatic rings. The maximum absolute atomic E-state index is 12.1. The summed E-state index contributed by atoms with van der Waals surface area (Å²) in [6.07, 6.45) is 6.35. The molecule has 134 valence electrons. The molecule has 3 rings (SSSR count). The molecule has 0 radical (unpaired) electrons. The third-order valence-corrected chi connectivity index (χ3v) is 4.59. The van der Waals surface area contributed by atoms with Gasteiger partial charge in [0.15, 0.2) is 0 Å². The minimum Gasteiger partial charge on any atom is -0.349 e. The molecule has 1 unspecified atom stereocenters. The van der Waals surface area contributed by atoms with Crippen molar-refractivity contribution < 1.29 is 4.79 Å². The normalized spacial score (nSPS) is 18.2. The average molecular weight is 344 g/mol. The second-order valence-electron chi connectivity index (χ2n) is 6.40. The van der Waals surface area contributed by atoms with Gasteiger partial charge in [-0.15, -0.1) is 0 Å². The number of amides is 1. The summed E-state index contributed by atoms with van der Waals surface area (Å²) in [5.41, 5.74) is 1.23. The van der Waals surface area contributed by atoms with Gasteiger partial charge in [-0.3, -0.25) is 14.5 Å². The second kappa shape index (κ2) is 8.06. The molecule has 0 spiro atoms. The fourth-order valence-corrected chi connectivity index (χ4v) is 3.21. The van der Waals surface area contributed by atoms with E-state index in [9.17, 15) is 9.59 Å². The Morgan fingerprint density at radius 2 is 2.24 bits per heavy atom. The van der Waals surface area contributed by atoms with Crippen LogP contribution in [0.3, 0.4) is 0 Å². The molecule has 25 heavy (non-hydrogen) atoms. The molecule has 1 fully saturated rings. The predicted octanol–water partition coefficient (Wildman–Crippen LogP) is 0.559. The van der Waals surface area contributed by atoms with Crippen LogP contribution in [0.5, 0.6) is 0 Å². The van der Waals surface area contributed by atoms with E-state index in [2.05, 4.69) is 25.3 Å². The number of piperidine rings is 1. The Kier molecular flexibility index (Phi) is 5.60. The Balaban J connectivity index is 1.56. The SMILES string of the molecule is Cc1ccc(=O)n(CCN2CCCCC2CNC(=O)c2cnc[nH]2)n1. The van der Waals surface area contributed by atoms with Gasteiger partial charge < -0.3 is 10.3 Å². The Morgan fingerprint density at radius 1 is 1.36 bits per heavy atom.